The highest BCUT2D eigenvalue weighted by atomic mass is 16.3. The van der Waals surface area contributed by atoms with Crippen molar-refractivity contribution in [1.82, 2.24) is 19.9 Å². The molecule has 5 heteroatoms. The molecule has 0 aliphatic heterocycles. The van der Waals surface area contributed by atoms with E-state index in [1.807, 2.05) is 54.6 Å². The molecule has 11 aromatic rings. The summed E-state index contributed by atoms with van der Waals surface area (Å²) in [4.78, 5) is 20.8. The minimum atomic E-state index is 0.582. The van der Waals surface area contributed by atoms with Crippen molar-refractivity contribution in [2.24, 2.45) is 0 Å². The van der Waals surface area contributed by atoms with Crippen LogP contribution in [0.4, 0.5) is 0 Å². The predicted octanol–water partition coefficient (Wildman–Crippen LogP) is 14.5. The molecular weight excluding hydrogens is 745 g/mol. The van der Waals surface area contributed by atoms with Crippen molar-refractivity contribution < 1.29 is 4.42 Å². The van der Waals surface area contributed by atoms with Gasteiger partial charge in [0.05, 0.1) is 16.6 Å². The minimum absolute atomic E-state index is 0.582. The van der Waals surface area contributed by atoms with Crippen molar-refractivity contribution >= 4 is 21.9 Å². The van der Waals surface area contributed by atoms with E-state index >= 15 is 0 Å². The van der Waals surface area contributed by atoms with Crippen LogP contribution in [-0.4, -0.2) is 19.9 Å². The Kier molecular flexibility index (Phi) is 9.10. The van der Waals surface area contributed by atoms with Crippen LogP contribution >= 0.6 is 0 Å². The fourth-order valence-electron chi connectivity index (χ4n) is 8.15. The van der Waals surface area contributed by atoms with E-state index in [0.717, 1.165) is 94.5 Å². The smallest absolute Gasteiger partial charge is 0.164 e. The second-order valence-corrected chi connectivity index (χ2v) is 15.0. The maximum Gasteiger partial charge on any atom is 0.164 e. The quantitative estimate of drug-likeness (QED) is 0.154. The Bertz CT molecular complexity index is 3230. The van der Waals surface area contributed by atoms with Crippen LogP contribution in [0, 0.1) is 0 Å². The van der Waals surface area contributed by atoms with Crippen LogP contribution < -0.4 is 0 Å². The fourth-order valence-corrected chi connectivity index (χ4v) is 8.15. The highest BCUT2D eigenvalue weighted by Crippen LogP contribution is 2.46. The van der Waals surface area contributed by atoms with Gasteiger partial charge in [0.1, 0.15) is 11.3 Å². The largest absolute Gasteiger partial charge is 0.455 e. The van der Waals surface area contributed by atoms with E-state index in [-0.39, 0.29) is 0 Å². The second kappa shape index (κ2) is 15.5. The molecule has 0 radical (unpaired) electrons. The molecule has 0 atom stereocenters. The Labute approximate surface area is 353 Å². The topological polar surface area (TPSA) is 64.7 Å². The van der Waals surface area contributed by atoms with Crippen LogP contribution in [0.3, 0.4) is 0 Å². The van der Waals surface area contributed by atoms with Gasteiger partial charge in [0.2, 0.25) is 0 Å². The first kappa shape index (κ1) is 35.8. The number of furan rings is 1. The standard InChI is InChI=1S/C56H36N4O/c1-5-17-37(18-6-1)43-25-15-27-45(35-43)55-58-54(59-56(60-55)46-28-16-26-44(36-46)38-19-7-2-8-20-38)42-33-31-40(32-34-42)51-50-49(39-21-9-3-10-22-39)52(41-23-11-4-12-24-41)61-53(50)47-29-13-14-30-48(47)57-51/h1-36H. The van der Waals surface area contributed by atoms with Crippen LogP contribution in [0.2, 0.25) is 0 Å². The van der Waals surface area contributed by atoms with Crippen LogP contribution in [0.25, 0.3) is 112 Å². The van der Waals surface area contributed by atoms with E-state index in [1.54, 1.807) is 0 Å². The summed E-state index contributed by atoms with van der Waals surface area (Å²) < 4.78 is 6.92. The van der Waals surface area contributed by atoms with Crippen molar-refractivity contribution in [2.45, 2.75) is 0 Å². The first-order valence-corrected chi connectivity index (χ1v) is 20.4. The van der Waals surface area contributed by atoms with Gasteiger partial charge in [-0.25, -0.2) is 19.9 Å². The Morgan fingerprint density at radius 1 is 0.295 bits per heavy atom. The van der Waals surface area contributed by atoms with Gasteiger partial charge in [-0.2, -0.15) is 0 Å². The van der Waals surface area contributed by atoms with E-state index in [0.29, 0.717) is 17.5 Å². The second-order valence-electron chi connectivity index (χ2n) is 15.0. The van der Waals surface area contributed by atoms with E-state index in [4.69, 9.17) is 24.4 Å². The van der Waals surface area contributed by atoms with Gasteiger partial charge in [0.25, 0.3) is 0 Å². The summed E-state index contributed by atoms with van der Waals surface area (Å²) in [7, 11) is 0. The molecule has 8 aromatic carbocycles. The Morgan fingerprint density at radius 3 is 1.28 bits per heavy atom. The molecule has 286 valence electrons. The van der Waals surface area contributed by atoms with Gasteiger partial charge in [0.15, 0.2) is 17.5 Å². The van der Waals surface area contributed by atoms with Crippen molar-refractivity contribution in [1.29, 1.82) is 0 Å². The molecule has 61 heavy (non-hydrogen) atoms. The first-order valence-electron chi connectivity index (χ1n) is 20.4. The number of pyridine rings is 1. The zero-order chi connectivity index (χ0) is 40.5. The molecule has 0 bridgehead atoms. The maximum absolute atomic E-state index is 6.92. The lowest BCUT2D eigenvalue weighted by atomic mass is 9.94. The molecule has 0 unspecified atom stereocenters. The summed E-state index contributed by atoms with van der Waals surface area (Å²) in [6.45, 7) is 0. The van der Waals surface area contributed by atoms with Crippen molar-refractivity contribution in [3.05, 3.63) is 218 Å². The van der Waals surface area contributed by atoms with Crippen molar-refractivity contribution in [3.8, 4) is 90.1 Å². The fraction of sp³-hybridized carbons (Fsp3) is 0. The zero-order valence-corrected chi connectivity index (χ0v) is 33.0. The van der Waals surface area contributed by atoms with E-state index in [2.05, 4.69) is 164 Å². The van der Waals surface area contributed by atoms with Crippen LogP contribution in [0.1, 0.15) is 0 Å². The normalized spacial score (nSPS) is 11.3. The Balaban J connectivity index is 1.08. The average Bonchev–Trinajstić information content (AvgIpc) is 3.76. The van der Waals surface area contributed by atoms with Crippen LogP contribution in [-0.2, 0) is 0 Å². The van der Waals surface area contributed by atoms with Gasteiger partial charge >= 0.3 is 0 Å². The Hall–Kier alpha value is -8.28. The van der Waals surface area contributed by atoms with E-state index < -0.39 is 0 Å². The third-order valence-corrected chi connectivity index (χ3v) is 11.1. The summed E-state index contributed by atoms with van der Waals surface area (Å²) in [5.74, 6) is 2.60. The number of fused-ring (bicyclic) bond motifs is 3. The average molecular weight is 781 g/mol. The summed E-state index contributed by atoms with van der Waals surface area (Å²) in [6.07, 6.45) is 0. The third-order valence-electron chi connectivity index (χ3n) is 11.1. The molecule has 0 amide bonds. The maximum atomic E-state index is 6.92. The molecule has 0 fully saturated rings. The Morgan fingerprint density at radius 2 is 0.721 bits per heavy atom. The number of hydrogen-bond donors (Lipinski definition) is 0. The van der Waals surface area contributed by atoms with Crippen molar-refractivity contribution in [3.63, 3.8) is 0 Å². The molecule has 0 aliphatic carbocycles. The monoisotopic (exact) mass is 780 g/mol. The van der Waals surface area contributed by atoms with Crippen LogP contribution in [0.5, 0.6) is 0 Å². The lowest BCUT2D eigenvalue weighted by Crippen LogP contribution is -2.00. The molecule has 0 N–H and O–H groups in total. The molecule has 0 aliphatic rings. The summed E-state index contributed by atoms with van der Waals surface area (Å²) >= 11 is 0. The zero-order valence-electron chi connectivity index (χ0n) is 33.0. The first-order chi connectivity index (χ1) is 30.2. The number of para-hydroxylation sites is 1. The third kappa shape index (κ3) is 6.84. The number of hydrogen-bond acceptors (Lipinski definition) is 5. The van der Waals surface area contributed by atoms with E-state index in [1.165, 1.54) is 0 Å². The minimum Gasteiger partial charge on any atom is -0.455 e. The van der Waals surface area contributed by atoms with Gasteiger partial charge in [0, 0.05) is 38.8 Å². The molecular formula is C56H36N4O. The summed E-state index contributed by atoms with van der Waals surface area (Å²) in [5.41, 5.74) is 13.7. The van der Waals surface area contributed by atoms with Crippen molar-refractivity contribution in [2.75, 3.05) is 0 Å². The molecule has 0 spiro atoms. The van der Waals surface area contributed by atoms with E-state index in [9.17, 15) is 0 Å². The number of benzene rings is 8. The van der Waals surface area contributed by atoms with Gasteiger partial charge in [-0.15, -0.1) is 0 Å². The summed E-state index contributed by atoms with van der Waals surface area (Å²) in [5, 5.41) is 1.94. The highest BCUT2D eigenvalue weighted by Gasteiger charge is 2.24. The number of aromatic nitrogens is 4. The summed E-state index contributed by atoms with van der Waals surface area (Å²) in [6, 6.07) is 74.9. The van der Waals surface area contributed by atoms with Gasteiger partial charge in [-0.05, 0) is 52.1 Å². The highest BCUT2D eigenvalue weighted by molar-refractivity contribution is 6.16. The van der Waals surface area contributed by atoms with Gasteiger partial charge < -0.3 is 4.42 Å². The number of nitrogens with zero attached hydrogens (tertiary/aromatic N) is 4. The predicted molar refractivity (Wildman–Crippen MR) is 248 cm³/mol. The molecule has 5 nitrogen and oxygen atoms in total. The van der Waals surface area contributed by atoms with Crippen LogP contribution in [0.15, 0.2) is 223 Å². The molecule has 3 aromatic heterocycles. The lowest BCUT2D eigenvalue weighted by Gasteiger charge is -2.12. The number of rotatable bonds is 8. The van der Waals surface area contributed by atoms with Gasteiger partial charge in [-0.1, -0.05) is 194 Å². The van der Waals surface area contributed by atoms with Gasteiger partial charge in [-0.3, -0.25) is 0 Å². The molecule has 0 saturated heterocycles. The molecule has 3 heterocycles. The SMILES string of the molecule is c1ccc(-c2cccc(-c3nc(-c4ccc(-c5nc6ccccc6c6oc(-c7ccccc7)c(-c7ccccc7)c56)cc4)nc(-c4cccc(-c5ccccc5)c4)n3)c2)cc1. The molecule has 0 saturated carbocycles. The molecule has 11 rings (SSSR count). The lowest BCUT2D eigenvalue weighted by molar-refractivity contribution is 0.636.